The van der Waals surface area contributed by atoms with Crippen molar-refractivity contribution in [3.8, 4) is 5.75 Å². The van der Waals surface area contributed by atoms with Gasteiger partial charge in [0.2, 0.25) is 0 Å². The quantitative estimate of drug-likeness (QED) is 0.875. The predicted molar refractivity (Wildman–Crippen MR) is 81.4 cm³/mol. The molecule has 106 valence electrons. The van der Waals surface area contributed by atoms with Gasteiger partial charge in [0.25, 0.3) is 0 Å². The van der Waals surface area contributed by atoms with E-state index in [9.17, 15) is 0 Å². The third-order valence-electron chi connectivity index (χ3n) is 4.04. The molecular formula is C16H24ClNO. The molecule has 1 aromatic carbocycles. The van der Waals surface area contributed by atoms with E-state index in [0.29, 0.717) is 12.0 Å². The molecule has 0 spiro atoms. The Morgan fingerprint density at radius 1 is 1.37 bits per heavy atom. The summed E-state index contributed by atoms with van der Waals surface area (Å²) in [6, 6.07) is 2.44. The van der Waals surface area contributed by atoms with Gasteiger partial charge in [-0.15, -0.1) is 0 Å². The maximum atomic E-state index is 6.43. The van der Waals surface area contributed by atoms with Crippen LogP contribution in [0.3, 0.4) is 0 Å². The molecule has 0 aliphatic carbocycles. The largest absolute Gasteiger partial charge is 0.496 e. The second kappa shape index (κ2) is 6.15. The Morgan fingerprint density at radius 3 is 2.63 bits per heavy atom. The van der Waals surface area contributed by atoms with Crippen LogP contribution in [0.4, 0.5) is 0 Å². The number of methoxy groups -OCH3 is 1. The molecule has 0 radical (unpaired) electrons. The molecule has 2 nitrogen and oxygen atoms in total. The molecule has 2 rings (SSSR count). The Bertz CT molecular complexity index is 451. The number of ether oxygens (including phenoxy) is 1. The molecule has 1 fully saturated rings. The van der Waals surface area contributed by atoms with Crippen LogP contribution in [0, 0.1) is 6.92 Å². The highest BCUT2D eigenvalue weighted by atomic mass is 35.5. The monoisotopic (exact) mass is 281 g/mol. The first-order valence-electron chi connectivity index (χ1n) is 7.16. The fourth-order valence-electron chi connectivity index (χ4n) is 2.94. The lowest BCUT2D eigenvalue weighted by atomic mass is 9.89. The highest BCUT2D eigenvalue weighted by Crippen LogP contribution is 2.41. The Morgan fingerprint density at radius 2 is 2.11 bits per heavy atom. The van der Waals surface area contributed by atoms with Crippen molar-refractivity contribution in [2.24, 2.45) is 0 Å². The average Bonchev–Trinajstić information content (AvgIpc) is 2.41. The summed E-state index contributed by atoms with van der Waals surface area (Å²) in [6.45, 7) is 7.54. The Kier molecular flexibility index (Phi) is 4.75. The Hall–Kier alpha value is -0.730. The van der Waals surface area contributed by atoms with Gasteiger partial charge < -0.3 is 10.1 Å². The van der Waals surface area contributed by atoms with Gasteiger partial charge in [-0.1, -0.05) is 31.9 Å². The maximum Gasteiger partial charge on any atom is 0.127 e. The fourth-order valence-corrected chi connectivity index (χ4v) is 3.16. The number of rotatable bonds is 3. The van der Waals surface area contributed by atoms with Crippen molar-refractivity contribution in [2.45, 2.75) is 52.0 Å². The summed E-state index contributed by atoms with van der Waals surface area (Å²) in [7, 11) is 1.76. The molecule has 0 saturated carbocycles. The van der Waals surface area contributed by atoms with Crippen molar-refractivity contribution in [1.29, 1.82) is 0 Å². The molecule has 1 N–H and O–H groups in total. The van der Waals surface area contributed by atoms with Crippen molar-refractivity contribution in [3.63, 3.8) is 0 Å². The molecule has 0 aromatic heterocycles. The normalized spacial score (nSPS) is 19.8. The van der Waals surface area contributed by atoms with E-state index in [4.69, 9.17) is 16.3 Å². The second-order valence-electron chi connectivity index (χ2n) is 5.68. The molecule has 1 atom stereocenters. The first-order chi connectivity index (χ1) is 9.06. The standard InChI is InChI=1S/C16H24ClNO/c1-10(2)12-9-13(17)11(3)15(16(12)19-4)14-7-5-6-8-18-14/h9-10,14,18H,5-8H2,1-4H3. The van der Waals surface area contributed by atoms with Gasteiger partial charge >= 0.3 is 0 Å². The van der Waals surface area contributed by atoms with Gasteiger partial charge in [0.05, 0.1) is 7.11 Å². The third-order valence-corrected chi connectivity index (χ3v) is 4.43. The Balaban J connectivity index is 2.55. The van der Waals surface area contributed by atoms with E-state index in [1.165, 1.54) is 24.0 Å². The smallest absolute Gasteiger partial charge is 0.127 e. The molecule has 0 bridgehead atoms. The van der Waals surface area contributed by atoms with Crippen LogP contribution in [0.1, 0.15) is 61.8 Å². The van der Waals surface area contributed by atoms with Gasteiger partial charge in [-0.05, 0) is 49.4 Å². The second-order valence-corrected chi connectivity index (χ2v) is 6.08. The highest BCUT2D eigenvalue weighted by Gasteiger charge is 2.25. The zero-order valence-electron chi connectivity index (χ0n) is 12.3. The van der Waals surface area contributed by atoms with Crippen LogP contribution < -0.4 is 10.1 Å². The van der Waals surface area contributed by atoms with Crippen LogP contribution >= 0.6 is 11.6 Å². The zero-order chi connectivity index (χ0) is 14.0. The van der Waals surface area contributed by atoms with Crippen molar-refractivity contribution < 1.29 is 4.74 Å². The van der Waals surface area contributed by atoms with Crippen molar-refractivity contribution in [3.05, 3.63) is 27.8 Å². The molecule has 1 saturated heterocycles. The minimum atomic E-state index is 0.375. The summed E-state index contributed by atoms with van der Waals surface area (Å²) in [5.41, 5.74) is 3.63. The third kappa shape index (κ3) is 2.90. The molecular weight excluding hydrogens is 258 g/mol. The molecule has 3 heteroatoms. The maximum absolute atomic E-state index is 6.43. The predicted octanol–water partition coefficient (Wildman–Crippen LogP) is 4.60. The van der Waals surface area contributed by atoms with Crippen LogP contribution in [0.25, 0.3) is 0 Å². The fraction of sp³-hybridized carbons (Fsp3) is 0.625. The van der Waals surface area contributed by atoms with Crippen molar-refractivity contribution in [1.82, 2.24) is 5.32 Å². The lowest BCUT2D eigenvalue weighted by molar-refractivity contribution is 0.368. The van der Waals surface area contributed by atoms with Crippen LogP contribution in [0.2, 0.25) is 5.02 Å². The number of halogens is 1. The summed E-state index contributed by atoms with van der Waals surface area (Å²) in [6.07, 6.45) is 3.69. The van der Waals surface area contributed by atoms with Gasteiger partial charge in [-0.3, -0.25) is 0 Å². The van der Waals surface area contributed by atoms with E-state index < -0.39 is 0 Å². The molecule has 1 aromatic rings. The van der Waals surface area contributed by atoms with Gasteiger partial charge in [0, 0.05) is 16.6 Å². The van der Waals surface area contributed by atoms with Gasteiger partial charge in [-0.25, -0.2) is 0 Å². The van der Waals surface area contributed by atoms with E-state index in [1.807, 2.05) is 0 Å². The summed E-state index contributed by atoms with van der Waals surface area (Å²) in [4.78, 5) is 0. The number of hydrogen-bond donors (Lipinski definition) is 1. The molecule has 1 heterocycles. The van der Waals surface area contributed by atoms with E-state index in [0.717, 1.165) is 29.3 Å². The Labute approximate surface area is 121 Å². The lowest BCUT2D eigenvalue weighted by Crippen LogP contribution is -2.28. The molecule has 1 unspecified atom stereocenters. The summed E-state index contributed by atoms with van der Waals surface area (Å²) < 4.78 is 5.73. The lowest BCUT2D eigenvalue weighted by Gasteiger charge is -2.29. The van der Waals surface area contributed by atoms with Crippen molar-refractivity contribution >= 4 is 11.6 Å². The summed E-state index contributed by atoms with van der Waals surface area (Å²) in [5, 5.41) is 4.46. The molecule has 0 amide bonds. The average molecular weight is 282 g/mol. The van der Waals surface area contributed by atoms with Crippen LogP contribution in [-0.2, 0) is 0 Å². The van der Waals surface area contributed by atoms with Crippen LogP contribution in [0.15, 0.2) is 6.07 Å². The van der Waals surface area contributed by atoms with Gasteiger partial charge in [0.15, 0.2) is 0 Å². The molecule has 1 aliphatic heterocycles. The number of nitrogens with one attached hydrogen (secondary N) is 1. The number of benzene rings is 1. The summed E-state index contributed by atoms with van der Waals surface area (Å²) >= 11 is 6.43. The number of piperidine rings is 1. The minimum absolute atomic E-state index is 0.375. The molecule has 19 heavy (non-hydrogen) atoms. The molecule has 1 aliphatic rings. The van der Waals surface area contributed by atoms with Crippen LogP contribution in [-0.4, -0.2) is 13.7 Å². The van der Waals surface area contributed by atoms with E-state index >= 15 is 0 Å². The minimum Gasteiger partial charge on any atom is -0.496 e. The van der Waals surface area contributed by atoms with Gasteiger partial charge in [0.1, 0.15) is 5.75 Å². The number of hydrogen-bond acceptors (Lipinski definition) is 2. The topological polar surface area (TPSA) is 21.3 Å². The van der Waals surface area contributed by atoms with E-state index in [2.05, 4.69) is 32.2 Å². The highest BCUT2D eigenvalue weighted by molar-refractivity contribution is 6.31. The van der Waals surface area contributed by atoms with Crippen LogP contribution in [0.5, 0.6) is 5.75 Å². The first-order valence-corrected chi connectivity index (χ1v) is 7.54. The zero-order valence-corrected chi connectivity index (χ0v) is 13.1. The SMILES string of the molecule is COc1c(C(C)C)cc(Cl)c(C)c1C1CCCCN1. The van der Waals surface area contributed by atoms with Gasteiger partial charge in [-0.2, -0.15) is 0 Å². The van der Waals surface area contributed by atoms with E-state index in [-0.39, 0.29) is 0 Å². The first kappa shape index (κ1) is 14.7. The summed E-state index contributed by atoms with van der Waals surface area (Å²) in [5.74, 6) is 1.44. The van der Waals surface area contributed by atoms with E-state index in [1.54, 1.807) is 7.11 Å². The van der Waals surface area contributed by atoms with Crippen molar-refractivity contribution in [2.75, 3.05) is 13.7 Å².